The van der Waals surface area contributed by atoms with Gasteiger partial charge in [0.25, 0.3) is 0 Å². The number of benzene rings is 1. The lowest BCUT2D eigenvalue weighted by atomic mass is 9.71. The fourth-order valence-electron chi connectivity index (χ4n) is 4.02. The van der Waals surface area contributed by atoms with E-state index in [1.165, 1.54) is 49.7 Å². The molecule has 1 aromatic carbocycles. The third kappa shape index (κ3) is 2.87. The lowest BCUT2D eigenvalue weighted by molar-refractivity contribution is 0.224. The Hall–Kier alpha value is -0.530. The first-order chi connectivity index (χ1) is 9.84. The Morgan fingerprint density at radius 2 is 1.76 bits per heavy atom. The first-order valence-electron chi connectivity index (χ1n) is 8.40. The zero-order valence-corrected chi connectivity index (χ0v) is 14.3. The summed E-state index contributed by atoms with van der Waals surface area (Å²) >= 11 is 6.63. The van der Waals surface area contributed by atoms with Gasteiger partial charge in [-0.1, -0.05) is 37.6 Å². The van der Waals surface area contributed by atoms with E-state index in [9.17, 15) is 0 Å². The second kappa shape index (κ2) is 5.28. The van der Waals surface area contributed by atoms with Crippen molar-refractivity contribution >= 4 is 11.6 Å². The van der Waals surface area contributed by atoms with Gasteiger partial charge in [0.05, 0.1) is 0 Å². The van der Waals surface area contributed by atoms with Crippen molar-refractivity contribution in [2.24, 2.45) is 11.1 Å². The topological polar surface area (TPSA) is 26.0 Å². The molecule has 0 aromatic heterocycles. The summed E-state index contributed by atoms with van der Waals surface area (Å²) in [6, 6.07) is 6.99. The van der Waals surface area contributed by atoms with Gasteiger partial charge < -0.3 is 5.73 Å². The van der Waals surface area contributed by atoms with E-state index in [2.05, 4.69) is 39.0 Å². The lowest BCUT2D eigenvalue weighted by Gasteiger charge is -2.35. The average Bonchev–Trinajstić information content (AvgIpc) is 3.21. The molecule has 0 radical (unpaired) electrons. The normalized spacial score (nSPS) is 25.6. The van der Waals surface area contributed by atoms with E-state index in [1.54, 1.807) is 0 Å². The van der Waals surface area contributed by atoms with Crippen molar-refractivity contribution in [3.8, 4) is 0 Å². The van der Waals surface area contributed by atoms with Crippen LogP contribution >= 0.6 is 11.6 Å². The van der Waals surface area contributed by atoms with Gasteiger partial charge in [-0.15, -0.1) is 0 Å². The summed E-state index contributed by atoms with van der Waals surface area (Å²) in [7, 11) is 0. The fraction of sp³-hybridized carbons (Fsp3) is 0.684. The molecule has 1 unspecified atom stereocenters. The Labute approximate surface area is 134 Å². The predicted octanol–water partition coefficient (Wildman–Crippen LogP) is 5.40. The van der Waals surface area contributed by atoms with Crippen LogP contribution in [0.25, 0.3) is 0 Å². The van der Waals surface area contributed by atoms with E-state index in [1.807, 2.05) is 0 Å². The van der Waals surface area contributed by atoms with Crippen molar-refractivity contribution in [1.82, 2.24) is 0 Å². The molecule has 2 N–H and O–H groups in total. The van der Waals surface area contributed by atoms with E-state index >= 15 is 0 Å². The van der Waals surface area contributed by atoms with Crippen LogP contribution in [0.2, 0.25) is 5.02 Å². The van der Waals surface area contributed by atoms with Gasteiger partial charge >= 0.3 is 0 Å². The molecule has 2 aliphatic rings. The summed E-state index contributed by atoms with van der Waals surface area (Å²) in [5.41, 5.74) is 9.60. The highest BCUT2D eigenvalue weighted by molar-refractivity contribution is 6.31. The molecule has 0 heterocycles. The van der Waals surface area contributed by atoms with Crippen molar-refractivity contribution in [3.63, 3.8) is 0 Å². The van der Waals surface area contributed by atoms with E-state index in [0.717, 1.165) is 5.02 Å². The zero-order chi connectivity index (χ0) is 15.3. The molecule has 0 saturated heterocycles. The highest BCUT2D eigenvalue weighted by Gasteiger charge is 2.47. The Morgan fingerprint density at radius 3 is 2.24 bits per heavy atom. The van der Waals surface area contributed by atoms with E-state index < -0.39 is 0 Å². The van der Waals surface area contributed by atoms with Gasteiger partial charge in [0, 0.05) is 16.5 Å². The molecule has 0 aliphatic heterocycles. The van der Waals surface area contributed by atoms with Crippen LogP contribution in [0.1, 0.15) is 76.3 Å². The molecule has 3 rings (SSSR count). The maximum Gasteiger partial charge on any atom is 0.0443 e. The van der Waals surface area contributed by atoms with Crippen molar-refractivity contribution in [1.29, 1.82) is 0 Å². The fourth-order valence-corrected chi connectivity index (χ4v) is 4.35. The minimum atomic E-state index is 0.205. The first kappa shape index (κ1) is 15.4. The molecular formula is C19H28ClN. The standard InChI is InChI=1S/C19H28ClN/c1-13(21)19(10-11-19)15-4-5-16(17(20)12-15)14-6-8-18(2,3)9-7-14/h4-5,12-14H,6-11,21H2,1-3H3. The number of hydrogen-bond donors (Lipinski definition) is 1. The molecule has 0 spiro atoms. The van der Waals surface area contributed by atoms with Gasteiger partial charge in [-0.05, 0) is 74.0 Å². The number of rotatable bonds is 3. The van der Waals surface area contributed by atoms with E-state index in [-0.39, 0.29) is 11.5 Å². The molecule has 2 heteroatoms. The van der Waals surface area contributed by atoms with Crippen LogP contribution < -0.4 is 5.73 Å². The predicted molar refractivity (Wildman–Crippen MR) is 91.0 cm³/mol. The van der Waals surface area contributed by atoms with Crippen molar-refractivity contribution in [3.05, 3.63) is 34.3 Å². The third-order valence-corrected chi connectivity index (χ3v) is 6.34. The zero-order valence-electron chi connectivity index (χ0n) is 13.6. The second-order valence-electron chi connectivity index (χ2n) is 8.12. The van der Waals surface area contributed by atoms with E-state index in [4.69, 9.17) is 17.3 Å². The maximum absolute atomic E-state index is 6.63. The Bertz CT molecular complexity index is 518. The smallest absolute Gasteiger partial charge is 0.0443 e. The summed E-state index contributed by atoms with van der Waals surface area (Å²) in [6.07, 6.45) is 7.56. The molecular weight excluding hydrogens is 278 g/mol. The summed E-state index contributed by atoms with van der Waals surface area (Å²) in [6.45, 7) is 6.89. The highest BCUT2D eigenvalue weighted by Crippen LogP contribution is 2.52. The van der Waals surface area contributed by atoms with Gasteiger partial charge in [0.2, 0.25) is 0 Å². The maximum atomic E-state index is 6.63. The lowest BCUT2D eigenvalue weighted by Crippen LogP contribution is -2.31. The Morgan fingerprint density at radius 1 is 1.14 bits per heavy atom. The summed E-state index contributed by atoms with van der Waals surface area (Å²) < 4.78 is 0. The van der Waals surface area contributed by atoms with Crippen LogP contribution in [-0.2, 0) is 5.41 Å². The van der Waals surface area contributed by atoms with Crippen molar-refractivity contribution in [2.45, 2.75) is 76.7 Å². The molecule has 1 aromatic rings. The molecule has 21 heavy (non-hydrogen) atoms. The molecule has 2 saturated carbocycles. The Kier molecular flexibility index (Phi) is 3.86. The summed E-state index contributed by atoms with van der Waals surface area (Å²) in [5.74, 6) is 0.644. The second-order valence-corrected chi connectivity index (χ2v) is 8.53. The molecule has 0 bridgehead atoms. The number of hydrogen-bond acceptors (Lipinski definition) is 1. The monoisotopic (exact) mass is 305 g/mol. The van der Waals surface area contributed by atoms with Crippen LogP contribution in [0.4, 0.5) is 0 Å². The van der Waals surface area contributed by atoms with Gasteiger partial charge in [0.1, 0.15) is 0 Å². The van der Waals surface area contributed by atoms with Crippen molar-refractivity contribution in [2.75, 3.05) is 0 Å². The first-order valence-corrected chi connectivity index (χ1v) is 8.77. The van der Waals surface area contributed by atoms with E-state index in [0.29, 0.717) is 11.3 Å². The molecule has 2 aliphatic carbocycles. The van der Waals surface area contributed by atoms with Crippen LogP contribution in [-0.4, -0.2) is 6.04 Å². The SMILES string of the molecule is CC(N)C1(c2ccc(C3CCC(C)(C)CC3)c(Cl)c2)CC1. The third-order valence-electron chi connectivity index (χ3n) is 6.01. The van der Waals surface area contributed by atoms with Crippen molar-refractivity contribution < 1.29 is 0 Å². The molecule has 1 nitrogen and oxygen atoms in total. The van der Waals surface area contributed by atoms with Gasteiger partial charge in [-0.2, -0.15) is 0 Å². The van der Waals surface area contributed by atoms with Crippen LogP contribution in [0.3, 0.4) is 0 Å². The minimum absolute atomic E-state index is 0.205. The Balaban J connectivity index is 1.80. The molecule has 1 atom stereocenters. The molecule has 0 amide bonds. The quantitative estimate of drug-likeness (QED) is 0.794. The average molecular weight is 306 g/mol. The van der Waals surface area contributed by atoms with Gasteiger partial charge in [-0.25, -0.2) is 0 Å². The number of halogens is 1. The van der Waals surface area contributed by atoms with Gasteiger partial charge in [0.15, 0.2) is 0 Å². The van der Waals surface area contributed by atoms with Crippen LogP contribution in [0.15, 0.2) is 18.2 Å². The molecule has 2 fully saturated rings. The van der Waals surface area contributed by atoms with Crippen LogP contribution in [0, 0.1) is 5.41 Å². The molecule has 116 valence electrons. The minimum Gasteiger partial charge on any atom is -0.327 e. The summed E-state index contributed by atoms with van der Waals surface area (Å²) in [5, 5.41) is 0.962. The number of nitrogens with two attached hydrogens (primary N) is 1. The largest absolute Gasteiger partial charge is 0.327 e. The van der Waals surface area contributed by atoms with Crippen LogP contribution in [0.5, 0.6) is 0 Å². The summed E-state index contributed by atoms with van der Waals surface area (Å²) in [4.78, 5) is 0. The van der Waals surface area contributed by atoms with Gasteiger partial charge in [-0.3, -0.25) is 0 Å². The highest BCUT2D eigenvalue weighted by atomic mass is 35.5.